The molecule has 1 aromatic rings. The standard InChI is InChI=1S/C13H18N2/c1-2-3-4-7-12-9-8-11-6-5-10-14-13(11)15-12/h2-3,5-6,10,12H,4,7-9H2,1H3,(H,14,15)/b3-2+. The number of aromatic nitrogens is 1. The van der Waals surface area contributed by atoms with Crippen molar-refractivity contribution < 1.29 is 0 Å². The number of fused-ring (bicyclic) bond motifs is 1. The Kier molecular flexibility index (Phi) is 3.38. The molecule has 0 bridgehead atoms. The molecule has 1 aliphatic rings. The Morgan fingerprint density at radius 3 is 3.40 bits per heavy atom. The van der Waals surface area contributed by atoms with Crippen LogP contribution in [0.15, 0.2) is 30.5 Å². The highest BCUT2D eigenvalue weighted by molar-refractivity contribution is 5.46. The van der Waals surface area contributed by atoms with Crippen LogP contribution < -0.4 is 5.32 Å². The van der Waals surface area contributed by atoms with E-state index in [1.807, 2.05) is 12.3 Å². The van der Waals surface area contributed by atoms with E-state index < -0.39 is 0 Å². The van der Waals surface area contributed by atoms with E-state index in [0.29, 0.717) is 6.04 Å². The number of rotatable bonds is 3. The second-order valence-electron chi connectivity index (χ2n) is 4.04. The average molecular weight is 202 g/mol. The van der Waals surface area contributed by atoms with Crippen LogP contribution in [0.1, 0.15) is 31.7 Å². The highest BCUT2D eigenvalue weighted by atomic mass is 15.0. The van der Waals surface area contributed by atoms with Crippen molar-refractivity contribution in [3.8, 4) is 0 Å². The van der Waals surface area contributed by atoms with Crippen molar-refractivity contribution in [1.82, 2.24) is 4.98 Å². The molecule has 0 aliphatic carbocycles. The lowest BCUT2D eigenvalue weighted by Crippen LogP contribution is -2.25. The van der Waals surface area contributed by atoms with Gasteiger partial charge in [-0.15, -0.1) is 0 Å². The zero-order valence-electron chi connectivity index (χ0n) is 9.24. The first-order chi connectivity index (χ1) is 7.40. The minimum Gasteiger partial charge on any atom is -0.367 e. The zero-order valence-corrected chi connectivity index (χ0v) is 9.24. The average Bonchev–Trinajstić information content (AvgIpc) is 2.29. The topological polar surface area (TPSA) is 24.9 Å². The fourth-order valence-corrected chi connectivity index (χ4v) is 2.05. The quantitative estimate of drug-likeness (QED) is 0.761. The van der Waals surface area contributed by atoms with Gasteiger partial charge in [0.15, 0.2) is 0 Å². The van der Waals surface area contributed by atoms with Gasteiger partial charge in [-0.2, -0.15) is 0 Å². The first kappa shape index (κ1) is 10.2. The van der Waals surface area contributed by atoms with Crippen molar-refractivity contribution in [2.24, 2.45) is 0 Å². The largest absolute Gasteiger partial charge is 0.367 e. The number of pyridine rings is 1. The third-order valence-corrected chi connectivity index (χ3v) is 2.91. The number of allylic oxidation sites excluding steroid dienone is 2. The number of aryl methyl sites for hydroxylation is 1. The molecule has 2 heterocycles. The molecule has 0 spiro atoms. The Balaban J connectivity index is 1.94. The fraction of sp³-hybridized carbons (Fsp3) is 0.462. The van der Waals surface area contributed by atoms with E-state index >= 15 is 0 Å². The molecule has 0 amide bonds. The lowest BCUT2D eigenvalue weighted by atomic mass is 9.98. The van der Waals surface area contributed by atoms with Gasteiger partial charge in [-0.25, -0.2) is 4.98 Å². The molecule has 2 heteroatoms. The monoisotopic (exact) mass is 202 g/mol. The van der Waals surface area contributed by atoms with Gasteiger partial charge in [0.25, 0.3) is 0 Å². The predicted molar refractivity (Wildman–Crippen MR) is 64.0 cm³/mol. The normalized spacial score (nSPS) is 19.9. The van der Waals surface area contributed by atoms with Gasteiger partial charge in [-0.3, -0.25) is 0 Å². The molecule has 1 aliphatic heterocycles. The van der Waals surface area contributed by atoms with Crippen LogP contribution in [0.5, 0.6) is 0 Å². The molecule has 0 saturated heterocycles. The van der Waals surface area contributed by atoms with E-state index in [4.69, 9.17) is 0 Å². The molecule has 15 heavy (non-hydrogen) atoms. The van der Waals surface area contributed by atoms with Gasteiger partial charge in [-0.1, -0.05) is 18.2 Å². The summed E-state index contributed by atoms with van der Waals surface area (Å²) in [6.07, 6.45) is 11.0. The first-order valence-electron chi connectivity index (χ1n) is 5.71. The second kappa shape index (κ2) is 4.96. The summed E-state index contributed by atoms with van der Waals surface area (Å²) in [5.74, 6) is 1.09. The van der Waals surface area contributed by atoms with Crippen molar-refractivity contribution in [2.45, 2.75) is 38.6 Å². The van der Waals surface area contributed by atoms with Gasteiger partial charge in [0.05, 0.1) is 0 Å². The van der Waals surface area contributed by atoms with Gasteiger partial charge in [0.2, 0.25) is 0 Å². The lowest BCUT2D eigenvalue weighted by molar-refractivity contribution is 0.587. The molecule has 0 aromatic carbocycles. The van der Waals surface area contributed by atoms with Gasteiger partial charge in [0.1, 0.15) is 5.82 Å². The van der Waals surface area contributed by atoms with Gasteiger partial charge in [-0.05, 0) is 44.2 Å². The second-order valence-corrected chi connectivity index (χ2v) is 4.04. The molecule has 0 saturated carbocycles. The molecule has 1 N–H and O–H groups in total. The molecule has 2 nitrogen and oxygen atoms in total. The summed E-state index contributed by atoms with van der Waals surface area (Å²) >= 11 is 0. The molecule has 80 valence electrons. The molecule has 0 fully saturated rings. The SMILES string of the molecule is C/C=C/CCC1CCc2cccnc2N1. The summed E-state index contributed by atoms with van der Waals surface area (Å²) in [7, 11) is 0. The molecular formula is C13H18N2. The van der Waals surface area contributed by atoms with Crippen molar-refractivity contribution in [2.75, 3.05) is 5.32 Å². The van der Waals surface area contributed by atoms with E-state index in [-0.39, 0.29) is 0 Å². The molecule has 0 radical (unpaired) electrons. The Morgan fingerprint density at radius 2 is 2.53 bits per heavy atom. The minimum absolute atomic E-state index is 0.601. The van der Waals surface area contributed by atoms with E-state index in [1.165, 1.54) is 18.4 Å². The summed E-state index contributed by atoms with van der Waals surface area (Å²) < 4.78 is 0. The molecule has 1 atom stereocenters. The Morgan fingerprint density at radius 1 is 1.60 bits per heavy atom. The smallest absolute Gasteiger partial charge is 0.129 e. The molecule has 2 rings (SSSR count). The number of nitrogens with zero attached hydrogens (tertiary/aromatic N) is 1. The molecule has 1 aromatic heterocycles. The Labute approximate surface area is 91.4 Å². The Hall–Kier alpha value is -1.31. The Bertz CT molecular complexity index is 344. The summed E-state index contributed by atoms with van der Waals surface area (Å²) in [5, 5.41) is 3.51. The third kappa shape index (κ3) is 2.58. The van der Waals surface area contributed by atoms with Crippen LogP contribution in [0.2, 0.25) is 0 Å². The van der Waals surface area contributed by atoms with Crippen LogP contribution in [-0.2, 0) is 6.42 Å². The van der Waals surface area contributed by atoms with Crippen LogP contribution >= 0.6 is 0 Å². The number of hydrogen-bond donors (Lipinski definition) is 1. The van der Waals surface area contributed by atoms with E-state index in [1.54, 1.807) is 0 Å². The van der Waals surface area contributed by atoms with E-state index in [0.717, 1.165) is 18.7 Å². The number of anilines is 1. The predicted octanol–water partition coefficient (Wildman–Crippen LogP) is 3.16. The van der Waals surface area contributed by atoms with Crippen LogP contribution in [0.3, 0.4) is 0 Å². The first-order valence-corrected chi connectivity index (χ1v) is 5.71. The van der Waals surface area contributed by atoms with Crippen LogP contribution in [-0.4, -0.2) is 11.0 Å². The lowest BCUT2D eigenvalue weighted by Gasteiger charge is -2.25. The molecular weight excluding hydrogens is 184 g/mol. The highest BCUT2D eigenvalue weighted by Gasteiger charge is 2.16. The zero-order chi connectivity index (χ0) is 10.5. The van der Waals surface area contributed by atoms with Gasteiger partial charge in [0, 0.05) is 12.2 Å². The van der Waals surface area contributed by atoms with Crippen LogP contribution in [0, 0.1) is 0 Å². The third-order valence-electron chi connectivity index (χ3n) is 2.91. The van der Waals surface area contributed by atoms with Crippen molar-refractivity contribution >= 4 is 5.82 Å². The number of nitrogens with one attached hydrogen (secondary N) is 1. The van der Waals surface area contributed by atoms with Gasteiger partial charge < -0.3 is 5.32 Å². The summed E-state index contributed by atoms with van der Waals surface area (Å²) in [6, 6.07) is 4.78. The van der Waals surface area contributed by atoms with Crippen molar-refractivity contribution in [3.63, 3.8) is 0 Å². The maximum Gasteiger partial charge on any atom is 0.129 e. The van der Waals surface area contributed by atoms with Crippen LogP contribution in [0.25, 0.3) is 0 Å². The fourth-order valence-electron chi connectivity index (χ4n) is 2.05. The summed E-state index contributed by atoms with van der Waals surface area (Å²) in [6.45, 7) is 2.07. The number of hydrogen-bond acceptors (Lipinski definition) is 2. The maximum absolute atomic E-state index is 4.37. The van der Waals surface area contributed by atoms with E-state index in [2.05, 4.69) is 35.4 Å². The highest BCUT2D eigenvalue weighted by Crippen LogP contribution is 2.23. The minimum atomic E-state index is 0.601. The maximum atomic E-state index is 4.37. The molecule has 1 unspecified atom stereocenters. The van der Waals surface area contributed by atoms with E-state index in [9.17, 15) is 0 Å². The van der Waals surface area contributed by atoms with Crippen molar-refractivity contribution in [1.29, 1.82) is 0 Å². The van der Waals surface area contributed by atoms with Crippen LogP contribution in [0.4, 0.5) is 5.82 Å². The summed E-state index contributed by atoms with van der Waals surface area (Å²) in [5.41, 5.74) is 1.36. The van der Waals surface area contributed by atoms with Crippen molar-refractivity contribution in [3.05, 3.63) is 36.0 Å². The summed E-state index contributed by atoms with van der Waals surface area (Å²) in [4.78, 5) is 4.37. The van der Waals surface area contributed by atoms with Gasteiger partial charge >= 0.3 is 0 Å².